The molecule has 0 bridgehead atoms. The average Bonchev–Trinajstić information content (AvgIpc) is 2.84. The van der Waals surface area contributed by atoms with Crippen LogP contribution in [0.4, 0.5) is 0 Å². The molecule has 3 heteroatoms. The summed E-state index contributed by atoms with van der Waals surface area (Å²) in [4.78, 5) is 2.64. The molecule has 1 aliphatic rings. The van der Waals surface area contributed by atoms with Crippen LogP contribution < -0.4 is 15.3 Å². The Morgan fingerprint density at radius 3 is 2.14 bits per heavy atom. The molecule has 1 unspecified atom stereocenters. The zero-order valence-electron chi connectivity index (χ0n) is 24.1. The third kappa shape index (κ3) is 7.46. The van der Waals surface area contributed by atoms with Crippen molar-refractivity contribution >= 4 is 19.2 Å². The monoisotopic (exact) mass is 515 g/mol. The number of hydrogen-bond donors (Lipinski definition) is 0. The van der Waals surface area contributed by atoms with Crippen molar-refractivity contribution in [3.63, 3.8) is 0 Å². The molecule has 1 saturated heterocycles. The highest BCUT2D eigenvalue weighted by Gasteiger charge is 2.27. The van der Waals surface area contributed by atoms with Gasteiger partial charge < -0.3 is 4.74 Å². The van der Waals surface area contributed by atoms with Crippen LogP contribution in [0.2, 0.25) is 0 Å². The van der Waals surface area contributed by atoms with Crippen LogP contribution in [-0.4, -0.2) is 18.0 Å². The number of nitrogens with zero attached hydrogens (tertiary/aromatic N) is 1. The van der Waals surface area contributed by atoms with Crippen molar-refractivity contribution in [1.82, 2.24) is 4.90 Å². The van der Waals surface area contributed by atoms with Crippen LogP contribution in [0.3, 0.4) is 0 Å². The van der Waals surface area contributed by atoms with E-state index >= 15 is 0 Å². The second-order valence-corrected chi connectivity index (χ2v) is 14.1. The van der Waals surface area contributed by atoms with Crippen molar-refractivity contribution in [3.8, 4) is 5.75 Å². The Morgan fingerprint density at radius 2 is 1.49 bits per heavy atom. The number of hydrogen-bond acceptors (Lipinski definition) is 2. The van der Waals surface area contributed by atoms with E-state index in [0.717, 1.165) is 12.3 Å². The number of rotatable bonds is 7. The summed E-state index contributed by atoms with van der Waals surface area (Å²) in [5.41, 5.74) is 6.78. The van der Waals surface area contributed by atoms with Gasteiger partial charge in [-0.05, 0) is 71.7 Å². The van der Waals surface area contributed by atoms with E-state index in [1.54, 1.807) is 0 Å². The summed E-state index contributed by atoms with van der Waals surface area (Å²) in [5, 5.41) is 2.78. The number of aryl methyl sites for hydroxylation is 1. The largest absolute Gasteiger partial charge is 0.488 e. The summed E-state index contributed by atoms with van der Waals surface area (Å²) in [6, 6.07) is 22.5. The minimum atomic E-state index is -0.0174. The van der Waals surface area contributed by atoms with Gasteiger partial charge in [-0.3, -0.25) is 4.90 Å². The summed E-state index contributed by atoms with van der Waals surface area (Å²) in [6.45, 7) is 20.2. The van der Waals surface area contributed by atoms with Crippen molar-refractivity contribution in [2.75, 3.05) is 13.1 Å². The molecule has 0 aromatic heterocycles. The lowest BCUT2D eigenvalue weighted by atomic mass is 9.80. The third-order valence-corrected chi connectivity index (χ3v) is 8.76. The number of ether oxygens (including phenoxy) is 1. The molecule has 0 saturated carbocycles. The van der Waals surface area contributed by atoms with Crippen molar-refractivity contribution in [2.45, 2.75) is 91.7 Å². The van der Waals surface area contributed by atoms with Gasteiger partial charge in [0.15, 0.2) is 0 Å². The second kappa shape index (κ2) is 11.7. The zero-order valence-corrected chi connectivity index (χ0v) is 25.1. The minimum absolute atomic E-state index is 0.0174. The highest BCUT2D eigenvalue weighted by atomic mass is 31.1. The van der Waals surface area contributed by atoms with Crippen LogP contribution in [0.1, 0.15) is 88.6 Å². The van der Waals surface area contributed by atoms with E-state index in [0.29, 0.717) is 15.2 Å². The highest BCUT2D eigenvalue weighted by Crippen LogP contribution is 2.38. The van der Waals surface area contributed by atoms with Crippen LogP contribution >= 0.6 is 8.58 Å². The first-order valence-electron chi connectivity index (χ1n) is 14.0. The Kier molecular flexibility index (Phi) is 8.82. The van der Waals surface area contributed by atoms with Gasteiger partial charge in [0.05, 0.1) is 0 Å². The summed E-state index contributed by atoms with van der Waals surface area (Å²) in [5.74, 6) is 1.08. The quantitative estimate of drug-likeness (QED) is 0.298. The predicted molar refractivity (Wildman–Crippen MR) is 163 cm³/mol. The summed E-state index contributed by atoms with van der Waals surface area (Å²) >= 11 is 0. The molecule has 1 fully saturated rings. The molecule has 1 heterocycles. The Morgan fingerprint density at radius 1 is 0.784 bits per heavy atom. The molecule has 4 rings (SSSR count). The van der Waals surface area contributed by atoms with Gasteiger partial charge in [-0.15, -0.1) is 0 Å². The lowest BCUT2D eigenvalue weighted by molar-refractivity contribution is 0.221. The molecule has 37 heavy (non-hydrogen) atoms. The SMILES string of the molecule is Cc1ccc(Pc2cc(C(C)(C)C)cc(C(C)(C)C)c2OCc2ccccc2)c(CN2CCCCC2)c1. The van der Waals surface area contributed by atoms with Gasteiger partial charge in [0.1, 0.15) is 12.4 Å². The zero-order chi connectivity index (χ0) is 26.6. The smallest absolute Gasteiger partial charge is 0.131 e. The standard InChI is InChI=1S/C34H46NOP/c1-25-16-17-30(27(20-25)23-35-18-12-9-13-19-35)37-31-22-28(33(2,3)4)21-29(34(5,6)7)32(31)36-24-26-14-10-8-11-15-26/h8,10-11,14-17,20-22,37H,9,12-13,18-19,23-24H2,1-7H3. The average molecular weight is 516 g/mol. The van der Waals surface area contributed by atoms with Gasteiger partial charge >= 0.3 is 0 Å². The second-order valence-electron chi connectivity index (χ2n) is 12.8. The molecular formula is C34H46NOP. The first kappa shape index (κ1) is 27.9. The fourth-order valence-corrected chi connectivity index (χ4v) is 6.39. The molecule has 0 aliphatic carbocycles. The lowest BCUT2D eigenvalue weighted by Crippen LogP contribution is -2.31. The minimum Gasteiger partial charge on any atom is -0.488 e. The Hall–Kier alpha value is -2.15. The van der Waals surface area contributed by atoms with Crippen molar-refractivity contribution in [3.05, 3.63) is 88.5 Å². The van der Waals surface area contributed by atoms with Gasteiger partial charge in [-0.1, -0.05) is 117 Å². The maximum Gasteiger partial charge on any atom is 0.131 e. The molecule has 198 valence electrons. The molecular weight excluding hydrogens is 469 g/mol. The van der Waals surface area contributed by atoms with Gasteiger partial charge in [-0.2, -0.15) is 0 Å². The van der Waals surface area contributed by atoms with Crippen molar-refractivity contribution < 1.29 is 4.74 Å². The third-order valence-electron chi connectivity index (χ3n) is 7.36. The Bertz CT molecular complexity index is 1180. The van der Waals surface area contributed by atoms with E-state index in [1.165, 1.54) is 70.8 Å². The lowest BCUT2D eigenvalue weighted by Gasteiger charge is -2.30. The van der Waals surface area contributed by atoms with Gasteiger partial charge in [-0.25, -0.2) is 0 Å². The molecule has 3 aromatic carbocycles. The van der Waals surface area contributed by atoms with Gasteiger partial charge in [0, 0.05) is 17.4 Å². The molecule has 0 N–H and O–H groups in total. The van der Waals surface area contributed by atoms with Crippen molar-refractivity contribution in [1.29, 1.82) is 0 Å². The van der Waals surface area contributed by atoms with Crippen LogP contribution in [0.5, 0.6) is 5.75 Å². The first-order chi connectivity index (χ1) is 17.5. The van der Waals surface area contributed by atoms with Crippen LogP contribution in [0.15, 0.2) is 60.7 Å². The number of likely N-dealkylation sites (tertiary alicyclic amines) is 1. The molecule has 0 spiro atoms. The first-order valence-corrected chi connectivity index (χ1v) is 15.0. The molecule has 0 amide bonds. The molecule has 1 aliphatic heterocycles. The highest BCUT2D eigenvalue weighted by molar-refractivity contribution is 7.55. The van der Waals surface area contributed by atoms with E-state index in [1.807, 2.05) is 0 Å². The van der Waals surface area contributed by atoms with E-state index in [2.05, 4.69) is 114 Å². The van der Waals surface area contributed by atoms with E-state index in [9.17, 15) is 0 Å². The van der Waals surface area contributed by atoms with Gasteiger partial charge in [0.25, 0.3) is 0 Å². The van der Waals surface area contributed by atoms with Crippen LogP contribution in [0.25, 0.3) is 0 Å². The van der Waals surface area contributed by atoms with E-state index in [4.69, 9.17) is 4.74 Å². The number of benzene rings is 3. The number of piperidine rings is 1. The Balaban J connectivity index is 1.77. The fraction of sp³-hybridized carbons (Fsp3) is 0.471. The predicted octanol–water partition coefficient (Wildman–Crippen LogP) is 7.78. The van der Waals surface area contributed by atoms with Crippen LogP contribution in [0, 0.1) is 6.92 Å². The van der Waals surface area contributed by atoms with E-state index < -0.39 is 0 Å². The summed E-state index contributed by atoms with van der Waals surface area (Å²) < 4.78 is 6.73. The van der Waals surface area contributed by atoms with Crippen molar-refractivity contribution in [2.24, 2.45) is 0 Å². The topological polar surface area (TPSA) is 12.5 Å². The maximum atomic E-state index is 6.73. The normalized spacial score (nSPS) is 15.4. The maximum absolute atomic E-state index is 6.73. The molecule has 0 radical (unpaired) electrons. The fourth-order valence-electron chi connectivity index (χ4n) is 5.08. The molecule has 2 nitrogen and oxygen atoms in total. The molecule has 3 aromatic rings. The summed E-state index contributed by atoms with van der Waals surface area (Å²) in [6.07, 6.45) is 4.02. The van der Waals surface area contributed by atoms with Crippen LogP contribution in [-0.2, 0) is 24.0 Å². The molecule has 1 atom stereocenters. The Labute approximate surface area is 227 Å². The van der Waals surface area contributed by atoms with E-state index in [-0.39, 0.29) is 10.8 Å². The van der Waals surface area contributed by atoms with Gasteiger partial charge in [0.2, 0.25) is 0 Å². The summed E-state index contributed by atoms with van der Waals surface area (Å²) in [7, 11) is 0.559.